The molecule has 1 aliphatic rings. The van der Waals surface area contributed by atoms with E-state index in [1.807, 2.05) is 22.6 Å². The summed E-state index contributed by atoms with van der Waals surface area (Å²) in [5.74, 6) is -0.922. The van der Waals surface area contributed by atoms with Gasteiger partial charge in [0.05, 0.1) is 17.1 Å². The molecule has 0 atom stereocenters. The Morgan fingerprint density at radius 2 is 1.91 bits per heavy atom. The summed E-state index contributed by atoms with van der Waals surface area (Å²) in [6.07, 6.45) is 1.46. The first-order chi connectivity index (χ1) is 10.9. The zero-order valence-electron chi connectivity index (χ0n) is 12.2. The van der Waals surface area contributed by atoms with E-state index in [-0.39, 0.29) is 11.4 Å². The normalized spacial score (nSPS) is 13.7. The van der Waals surface area contributed by atoms with Crippen molar-refractivity contribution in [3.05, 3.63) is 69.6 Å². The molecule has 2 N–H and O–H groups in total. The van der Waals surface area contributed by atoms with Gasteiger partial charge in [-0.3, -0.25) is 0 Å². The largest absolute Gasteiger partial charge is 0.506 e. The van der Waals surface area contributed by atoms with Gasteiger partial charge in [-0.2, -0.15) is 0 Å². The lowest BCUT2D eigenvalue weighted by Crippen LogP contribution is -2.18. The molecule has 0 spiro atoms. The number of rotatable bonds is 2. The lowest BCUT2D eigenvalue weighted by atomic mass is 9.97. The van der Waals surface area contributed by atoms with Gasteiger partial charge in [-0.1, -0.05) is 6.58 Å². The fraction of sp³-hybridized carbons (Fsp3) is 0.0588. The van der Waals surface area contributed by atoms with Crippen LogP contribution >= 0.6 is 22.6 Å². The molecule has 0 amide bonds. The smallest absolute Gasteiger partial charge is 0.147 e. The molecule has 1 heterocycles. The maximum Gasteiger partial charge on any atom is 0.147 e. The number of aliphatic hydroxyl groups excluding tert-OH is 1. The number of aliphatic hydroxyl groups is 1. The second kappa shape index (κ2) is 5.84. The van der Waals surface area contributed by atoms with Crippen molar-refractivity contribution >= 4 is 45.2 Å². The van der Waals surface area contributed by atoms with Gasteiger partial charge in [-0.05, 0) is 52.9 Å². The Kier molecular flexibility index (Phi) is 4.01. The van der Waals surface area contributed by atoms with Crippen molar-refractivity contribution in [1.29, 1.82) is 0 Å². The average molecular weight is 426 g/mol. The van der Waals surface area contributed by atoms with Crippen molar-refractivity contribution < 1.29 is 13.9 Å². The number of anilines is 3. The molecule has 23 heavy (non-hydrogen) atoms. The summed E-state index contributed by atoms with van der Waals surface area (Å²) < 4.78 is 28.8. The van der Waals surface area contributed by atoms with Crippen LogP contribution in [-0.2, 0) is 0 Å². The van der Waals surface area contributed by atoms with E-state index >= 15 is 0 Å². The van der Waals surface area contributed by atoms with Crippen molar-refractivity contribution in [2.24, 2.45) is 0 Å². The van der Waals surface area contributed by atoms with Gasteiger partial charge in [-0.25, -0.2) is 8.78 Å². The number of fused-ring (bicyclic) bond motifs is 1. The molecule has 0 fully saturated rings. The predicted octanol–water partition coefficient (Wildman–Crippen LogP) is 5.18. The van der Waals surface area contributed by atoms with Gasteiger partial charge in [0.1, 0.15) is 17.4 Å². The van der Waals surface area contributed by atoms with Gasteiger partial charge < -0.3 is 15.3 Å². The molecule has 118 valence electrons. The van der Waals surface area contributed by atoms with Gasteiger partial charge in [0, 0.05) is 28.0 Å². The number of halogens is 3. The quantitative estimate of drug-likeness (QED) is 0.651. The first-order valence-electron chi connectivity index (χ1n) is 6.75. The number of nitrogens with one attached hydrogen (secondary N) is 1. The van der Waals surface area contributed by atoms with Crippen molar-refractivity contribution in [3.63, 3.8) is 0 Å². The highest BCUT2D eigenvalue weighted by molar-refractivity contribution is 14.1. The topological polar surface area (TPSA) is 35.5 Å². The maximum absolute atomic E-state index is 14.1. The number of benzene rings is 2. The molecule has 3 rings (SSSR count). The van der Waals surface area contributed by atoms with Crippen molar-refractivity contribution in [3.8, 4) is 0 Å². The monoisotopic (exact) mass is 426 g/mol. The Hall–Kier alpha value is -2.09. The highest BCUT2D eigenvalue weighted by atomic mass is 127. The molecule has 0 bridgehead atoms. The van der Waals surface area contributed by atoms with Crippen LogP contribution in [0.5, 0.6) is 0 Å². The van der Waals surface area contributed by atoms with Gasteiger partial charge in [0.2, 0.25) is 0 Å². The van der Waals surface area contributed by atoms with E-state index in [0.29, 0.717) is 22.5 Å². The van der Waals surface area contributed by atoms with Crippen LogP contribution in [-0.4, -0.2) is 12.2 Å². The third-order valence-electron chi connectivity index (χ3n) is 3.59. The van der Waals surface area contributed by atoms with E-state index < -0.39 is 11.6 Å². The summed E-state index contributed by atoms with van der Waals surface area (Å²) in [6, 6.07) is 7.31. The molecule has 0 saturated heterocycles. The van der Waals surface area contributed by atoms with Crippen LogP contribution in [0.2, 0.25) is 0 Å². The van der Waals surface area contributed by atoms with Crippen molar-refractivity contribution in [1.82, 2.24) is 0 Å². The van der Waals surface area contributed by atoms with Crippen LogP contribution in [0.25, 0.3) is 5.57 Å². The van der Waals surface area contributed by atoms with Crippen LogP contribution in [0.3, 0.4) is 0 Å². The van der Waals surface area contributed by atoms with E-state index in [0.717, 1.165) is 3.57 Å². The predicted molar refractivity (Wildman–Crippen MR) is 96.9 cm³/mol. The summed E-state index contributed by atoms with van der Waals surface area (Å²) >= 11 is 2.01. The average Bonchev–Trinajstić information content (AvgIpc) is 2.47. The Bertz CT molecular complexity index is 849. The Labute approximate surface area is 146 Å². The van der Waals surface area contributed by atoms with Crippen LogP contribution in [0.1, 0.15) is 5.56 Å². The minimum atomic E-state index is -0.466. The molecule has 0 radical (unpaired) electrons. The Balaban J connectivity index is 2.12. The maximum atomic E-state index is 14.1. The zero-order chi connectivity index (χ0) is 16.7. The van der Waals surface area contributed by atoms with E-state index in [4.69, 9.17) is 0 Å². The molecule has 2 aromatic rings. The van der Waals surface area contributed by atoms with E-state index in [9.17, 15) is 13.9 Å². The molecule has 0 aromatic heterocycles. The van der Waals surface area contributed by atoms with Crippen LogP contribution in [0.4, 0.5) is 25.8 Å². The van der Waals surface area contributed by atoms with Crippen molar-refractivity contribution in [2.45, 2.75) is 0 Å². The molecule has 0 aliphatic carbocycles. The fourth-order valence-electron chi connectivity index (χ4n) is 2.48. The first kappa shape index (κ1) is 15.8. The first-order valence-corrected chi connectivity index (χ1v) is 7.83. The third kappa shape index (κ3) is 2.90. The van der Waals surface area contributed by atoms with E-state index in [2.05, 4.69) is 11.9 Å². The molecular formula is C17H13F2IN2O. The number of hydrogen-bond acceptors (Lipinski definition) is 3. The number of allylic oxidation sites excluding steroid dienone is 1. The summed E-state index contributed by atoms with van der Waals surface area (Å²) in [4.78, 5) is 1.60. The summed E-state index contributed by atoms with van der Waals surface area (Å²) in [5.41, 5.74) is 2.00. The summed E-state index contributed by atoms with van der Waals surface area (Å²) in [6.45, 7) is 3.84. The summed E-state index contributed by atoms with van der Waals surface area (Å²) in [5, 5.41) is 12.9. The zero-order valence-corrected chi connectivity index (χ0v) is 14.4. The minimum Gasteiger partial charge on any atom is -0.506 e. The van der Waals surface area contributed by atoms with Gasteiger partial charge in [0.25, 0.3) is 0 Å². The van der Waals surface area contributed by atoms with Crippen molar-refractivity contribution in [2.75, 3.05) is 17.3 Å². The number of nitrogens with zero attached hydrogens (tertiary/aromatic N) is 1. The van der Waals surface area contributed by atoms with Gasteiger partial charge in [-0.15, -0.1) is 0 Å². The Morgan fingerprint density at radius 1 is 1.17 bits per heavy atom. The standard InChI is InChI=1S/C17H13F2IN2O/c1-9-16(23)8-22(2)15-6-10(18)5-14(17(9)15)21-13-4-3-11(20)7-12(13)19/h3-8,21,23H,1H2,2H3. The number of hydrogen-bond donors (Lipinski definition) is 2. The van der Waals surface area contributed by atoms with E-state index in [1.54, 1.807) is 24.1 Å². The lowest BCUT2D eigenvalue weighted by Gasteiger charge is -2.27. The molecular weight excluding hydrogens is 413 g/mol. The van der Waals surface area contributed by atoms with Crippen LogP contribution in [0, 0.1) is 15.2 Å². The SMILES string of the molecule is C=C1C(O)=CN(C)c2cc(F)cc(Nc3ccc(I)cc3F)c21. The van der Waals surface area contributed by atoms with Crippen LogP contribution < -0.4 is 10.2 Å². The molecule has 0 saturated carbocycles. The second-order valence-corrected chi connectivity index (χ2v) is 6.45. The minimum absolute atomic E-state index is 0.0160. The van der Waals surface area contributed by atoms with Gasteiger partial charge >= 0.3 is 0 Å². The highest BCUT2D eigenvalue weighted by Gasteiger charge is 2.23. The second-order valence-electron chi connectivity index (χ2n) is 5.20. The van der Waals surface area contributed by atoms with Gasteiger partial charge in [0.15, 0.2) is 0 Å². The Morgan fingerprint density at radius 3 is 2.61 bits per heavy atom. The fourth-order valence-corrected chi connectivity index (χ4v) is 2.93. The summed E-state index contributed by atoms with van der Waals surface area (Å²) in [7, 11) is 1.69. The molecule has 0 unspecified atom stereocenters. The highest BCUT2D eigenvalue weighted by Crippen LogP contribution is 2.41. The van der Waals surface area contributed by atoms with E-state index in [1.165, 1.54) is 24.4 Å². The van der Waals surface area contributed by atoms with Crippen LogP contribution in [0.15, 0.2) is 48.9 Å². The molecule has 3 nitrogen and oxygen atoms in total. The molecule has 1 aliphatic heterocycles. The third-order valence-corrected chi connectivity index (χ3v) is 4.26. The molecule has 6 heteroatoms. The lowest BCUT2D eigenvalue weighted by molar-refractivity contribution is 0.434. The molecule has 2 aromatic carbocycles.